The molecule has 2 heterocycles. The SMILES string of the molecule is C=CCCCCC(=O)C1CC2COCC(C1)N2C(=O)OC(C)(C)C. The summed E-state index contributed by atoms with van der Waals surface area (Å²) in [5.41, 5.74) is -0.510. The van der Waals surface area contributed by atoms with Crippen molar-refractivity contribution in [3.8, 4) is 0 Å². The van der Waals surface area contributed by atoms with E-state index in [0.29, 0.717) is 38.3 Å². The molecule has 2 bridgehead atoms. The Hall–Kier alpha value is -1.36. The lowest BCUT2D eigenvalue weighted by Gasteiger charge is -2.47. The van der Waals surface area contributed by atoms with Crippen LogP contribution in [0.5, 0.6) is 0 Å². The smallest absolute Gasteiger partial charge is 0.410 e. The van der Waals surface area contributed by atoms with Crippen molar-refractivity contribution in [2.45, 2.75) is 77.0 Å². The van der Waals surface area contributed by atoms with Gasteiger partial charge in [0, 0.05) is 12.3 Å². The summed E-state index contributed by atoms with van der Waals surface area (Å²) in [5, 5.41) is 0. The third-order valence-electron chi connectivity index (χ3n) is 4.66. The number of unbranched alkanes of at least 4 members (excludes halogenated alkanes) is 2. The van der Waals surface area contributed by atoms with Gasteiger partial charge in [-0.15, -0.1) is 6.58 Å². The van der Waals surface area contributed by atoms with Gasteiger partial charge >= 0.3 is 6.09 Å². The fourth-order valence-corrected chi connectivity index (χ4v) is 3.58. The van der Waals surface area contributed by atoms with Crippen LogP contribution in [0.1, 0.15) is 59.3 Å². The lowest BCUT2D eigenvalue weighted by Crippen LogP contribution is -2.60. The summed E-state index contributed by atoms with van der Waals surface area (Å²) in [5.74, 6) is 0.381. The minimum absolute atomic E-state index is 0.0468. The number of allylic oxidation sites excluding steroid dienone is 1. The number of ketones is 1. The molecule has 0 spiro atoms. The van der Waals surface area contributed by atoms with Gasteiger partial charge in [-0.25, -0.2) is 4.79 Å². The molecule has 0 aliphatic carbocycles. The van der Waals surface area contributed by atoms with Gasteiger partial charge in [0.25, 0.3) is 0 Å². The van der Waals surface area contributed by atoms with Gasteiger partial charge in [-0.3, -0.25) is 9.69 Å². The monoisotopic (exact) mass is 337 g/mol. The van der Waals surface area contributed by atoms with Crippen LogP contribution in [0.2, 0.25) is 0 Å². The van der Waals surface area contributed by atoms with E-state index in [4.69, 9.17) is 9.47 Å². The zero-order valence-corrected chi connectivity index (χ0v) is 15.3. The average Bonchev–Trinajstić information content (AvgIpc) is 2.48. The van der Waals surface area contributed by atoms with Crippen LogP contribution >= 0.6 is 0 Å². The van der Waals surface area contributed by atoms with E-state index >= 15 is 0 Å². The second-order valence-corrected chi connectivity index (χ2v) is 7.90. The molecule has 136 valence electrons. The summed E-state index contributed by atoms with van der Waals surface area (Å²) in [6.07, 6.45) is 6.52. The number of carbonyl (C=O) groups is 2. The van der Waals surface area contributed by atoms with Gasteiger partial charge in [0.2, 0.25) is 0 Å². The standard InChI is InChI=1S/C19H31NO4/c1-5-6-7-8-9-17(21)14-10-15-12-23-13-16(11-14)20(15)18(22)24-19(2,3)4/h5,14-16H,1,6-13H2,2-4H3. The van der Waals surface area contributed by atoms with E-state index in [9.17, 15) is 9.59 Å². The predicted octanol–water partition coefficient (Wildman–Crippen LogP) is 3.72. The number of hydrogen-bond acceptors (Lipinski definition) is 4. The Balaban J connectivity index is 1.93. The first kappa shape index (κ1) is 19.0. The second kappa shape index (κ2) is 8.15. The first-order valence-electron chi connectivity index (χ1n) is 9.04. The Labute approximate surface area is 145 Å². The van der Waals surface area contributed by atoms with Crippen LogP contribution < -0.4 is 0 Å². The van der Waals surface area contributed by atoms with Crippen LogP contribution in [-0.2, 0) is 14.3 Å². The number of nitrogens with zero attached hydrogens (tertiary/aromatic N) is 1. The molecule has 2 fully saturated rings. The fraction of sp³-hybridized carbons (Fsp3) is 0.789. The van der Waals surface area contributed by atoms with Gasteiger partial charge in [-0.1, -0.05) is 6.08 Å². The number of Topliss-reactive ketones (excluding diaryl/α,β-unsaturated/α-hetero) is 1. The molecular weight excluding hydrogens is 306 g/mol. The summed E-state index contributed by atoms with van der Waals surface area (Å²) >= 11 is 0. The Morgan fingerprint density at radius 1 is 1.21 bits per heavy atom. The van der Waals surface area contributed by atoms with E-state index in [2.05, 4.69) is 6.58 Å². The molecule has 2 atom stereocenters. The van der Waals surface area contributed by atoms with Crippen molar-refractivity contribution in [1.29, 1.82) is 0 Å². The third kappa shape index (κ3) is 5.07. The van der Waals surface area contributed by atoms with Crippen molar-refractivity contribution >= 4 is 11.9 Å². The maximum atomic E-state index is 12.5. The van der Waals surface area contributed by atoms with Crippen molar-refractivity contribution < 1.29 is 19.1 Å². The molecule has 0 aromatic rings. The highest BCUT2D eigenvalue weighted by Crippen LogP contribution is 2.34. The quantitative estimate of drug-likeness (QED) is 0.547. The number of morpholine rings is 1. The maximum absolute atomic E-state index is 12.5. The number of ether oxygens (including phenoxy) is 2. The van der Waals surface area contributed by atoms with E-state index < -0.39 is 5.60 Å². The van der Waals surface area contributed by atoms with Gasteiger partial charge in [0.05, 0.1) is 25.3 Å². The lowest BCUT2D eigenvalue weighted by molar-refractivity contribution is -0.132. The summed E-state index contributed by atoms with van der Waals surface area (Å²) in [4.78, 5) is 26.8. The minimum Gasteiger partial charge on any atom is -0.444 e. The highest BCUT2D eigenvalue weighted by atomic mass is 16.6. The van der Waals surface area contributed by atoms with E-state index in [0.717, 1.165) is 19.3 Å². The van der Waals surface area contributed by atoms with Gasteiger partial charge in [0.15, 0.2) is 0 Å². The molecule has 2 aliphatic heterocycles. The van der Waals surface area contributed by atoms with E-state index in [1.807, 2.05) is 31.7 Å². The average molecular weight is 337 g/mol. The van der Waals surface area contributed by atoms with E-state index in [1.54, 1.807) is 0 Å². The number of hydrogen-bond donors (Lipinski definition) is 0. The molecule has 5 nitrogen and oxygen atoms in total. The third-order valence-corrected chi connectivity index (χ3v) is 4.66. The van der Waals surface area contributed by atoms with E-state index in [-0.39, 0.29) is 24.1 Å². The van der Waals surface area contributed by atoms with Crippen molar-refractivity contribution in [3.05, 3.63) is 12.7 Å². The van der Waals surface area contributed by atoms with E-state index in [1.165, 1.54) is 0 Å². The number of rotatable bonds is 6. The van der Waals surface area contributed by atoms with Crippen molar-refractivity contribution in [2.75, 3.05) is 13.2 Å². The molecule has 24 heavy (non-hydrogen) atoms. The first-order chi connectivity index (χ1) is 11.3. The maximum Gasteiger partial charge on any atom is 0.410 e. The van der Waals surface area contributed by atoms with Gasteiger partial charge in [-0.05, 0) is 52.9 Å². The fourth-order valence-electron chi connectivity index (χ4n) is 3.58. The van der Waals surface area contributed by atoms with Gasteiger partial charge < -0.3 is 9.47 Å². The number of carbonyl (C=O) groups excluding carboxylic acids is 2. The molecule has 2 rings (SSSR count). The Kier molecular flexibility index (Phi) is 6.44. The number of piperidine rings is 1. The van der Waals surface area contributed by atoms with Crippen LogP contribution in [0.25, 0.3) is 0 Å². The molecule has 2 unspecified atom stereocenters. The normalized spacial score (nSPS) is 26.8. The Morgan fingerprint density at radius 2 is 1.83 bits per heavy atom. The molecule has 0 radical (unpaired) electrons. The van der Waals surface area contributed by atoms with Crippen LogP contribution in [-0.4, -0.2) is 47.7 Å². The minimum atomic E-state index is -0.510. The van der Waals surface area contributed by atoms with Crippen molar-refractivity contribution in [1.82, 2.24) is 4.90 Å². The first-order valence-corrected chi connectivity index (χ1v) is 9.04. The molecule has 0 N–H and O–H groups in total. The topological polar surface area (TPSA) is 55.8 Å². The molecule has 5 heteroatoms. The van der Waals surface area contributed by atoms with Crippen LogP contribution in [0.15, 0.2) is 12.7 Å². The van der Waals surface area contributed by atoms with Crippen molar-refractivity contribution in [3.63, 3.8) is 0 Å². The molecule has 0 aromatic carbocycles. The largest absolute Gasteiger partial charge is 0.444 e. The van der Waals surface area contributed by atoms with Crippen molar-refractivity contribution in [2.24, 2.45) is 5.92 Å². The summed E-state index contributed by atoms with van der Waals surface area (Å²) < 4.78 is 11.2. The Bertz CT molecular complexity index is 454. The molecule has 2 saturated heterocycles. The van der Waals surface area contributed by atoms with Gasteiger partial charge in [-0.2, -0.15) is 0 Å². The van der Waals surface area contributed by atoms with Crippen LogP contribution in [0, 0.1) is 5.92 Å². The summed E-state index contributed by atoms with van der Waals surface area (Å²) in [6.45, 7) is 10.3. The summed E-state index contributed by atoms with van der Waals surface area (Å²) in [6, 6.07) is -0.0936. The van der Waals surface area contributed by atoms with Gasteiger partial charge in [0.1, 0.15) is 11.4 Å². The highest BCUT2D eigenvalue weighted by Gasteiger charge is 2.44. The molecule has 0 aromatic heterocycles. The molecule has 0 saturated carbocycles. The molecule has 2 aliphatic rings. The second-order valence-electron chi connectivity index (χ2n) is 7.90. The van der Waals surface area contributed by atoms with Crippen LogP contribution in [0.4, 0.5) is 4.79 Å². The number of fused-ring (bicyclic) bond motifs is 2. The zero-order valence-electron chi connectivity index (χ0n) is 15.3. The predicted molar refractivity (Wildman–Crippen MR) is 92.9 cm³/mol. The Morgan fingerprint density at radius 3 is 2.38 bits per heavy atom. The summed E-state index contributed by atoms with van der Waals surface area (Å²) in [7, 11) is 0. The zero-order chi connectivity index (χ0) is 17.7. The molecular formula is C19H31NO4. The van der Waals surface area contributed by atoms with Crippen LogP contribution in [0.3, 0.4) is 0 Å². The number of amides is 1. The molecule has 1 amide bonds. The lowest BCUT2D eigenvalue weighted by atomic mass is 9.81. The highest BCUT2D eigenvalue weighted by molar-refractivity contribution is 5.81.